The van der Waals surface area contributed by atoms with Gasteiger partial charge in [0.05, 0.1) is 6.61 Å². The fraction of sp³-hybridized carbons (Fsp3) is 0.417. The van der Waals surface area contributed by atoms with E-state index in [1.54, 1.807) is 19.0 Å². The Morgan fingerprint density at radius 2 is 2.20 bits per heavy atom. The highest BCUT2D eigenvalue weighted by Gasteiger charge is 2.14. The predicted molar refractivity (Wildman–Crippen MR) is 58.3 cm³/mol. The summed E-state index contributed by atoms with van der Waals surface area (Å²) >= 11 is 0. The average molecular weight is 205 g/mol. The molecule has 1 aliphatic rings. The molecule has 3 heteroatoms. The molecule has 0 spiro atoms. The molecule has 15 heavy (non-hydrogen) atoms. The van der Waals surface area contributed by atoms with Gasteiger partial charge in [-0.1, -0.05) is 0 Å². The first-order chi connectivity index (χ1) is 7.18. The number of hydrogen-bond donors (Lipinski definition) is 0. The zero-order valence-electron chi connectivity index (χ0n) is 9.12. The molecule has 1 heterocycles. The molecule has 0 unspecified atom stereocenters. The molecular weight excluding hydrogens is 190 g/mol. The standard InChI is InChI=1S/C12H15NO2/c1-13(2)12(14)10-5-6-11-9(8-10)4-3-7-15-11/h5-6,8H,3-4,7H2,1-2H3. The van der Waals surface area contributed by atoms with Crippen LogP contribution in [-0.4, -0.2) is 31.5 Å². The number of hydrogen-bond acceptors (Lipinski definition) is 2. The first-order valence-corrected chi connectivity index (χ1v) is 5.16. The van der Waals surface area contributed by atoms with Crippen molar-refractivity contribution in [2.24, 2.45) is 0 Å². The minimum absolute atomic E-state index is 0.0448. The molecule has 1 aromatic carbocycles. The Labute approximate surface area is 89.7 Å². The summed E-state index contributed by atoms with van der Waals surface area (Å²) in [6.45, 7) is 0.786. The molecule has 0 radical (unpaired) electrons. The van der Waals surface area contributed by atoms with Crippen molar-refractivity contribution >= 4 is 5.91 Å². The second-order valence-electron chi connectivity index (χ2n) is 3.97. The Kier molecular flexibility index (Phi) is 2.62. The van der Waals surface area contributed by atoms with E-state index in [9.17, 15) is 4.79 Å². The molecule has 0 bridgehead atoms. The molecule has 0 saturated carbocycles. The van der Waals surface area contributed by atoms with Crippen molar-refractivity contribution in [2.75, 3.05) is 20.7 Å². The third kappa shape index (κ3) is 1.96. The SMILES string of the molecule is CN(C)C(=O)c1ccc2c(c1)CCCO2. The Bertz CT molecular complexity index is 385. The van der Waals surface area contributed by atoms with Crippen LogP contribution in [0, 0.1) is 0 Å². The van der Waals surface area contributed by atoms with E-state index in [0.29, 0.717) is 0 Å². The topological polar surface area (TPSA) is 29.5 Å². The lowest BCUT2D eigenvalue weighted by Gasteiger charge is -2.18. The van der Waals surface area contributed by atoms with Crippen LogP contribution in [0.25, 0.3) is 0 Å². The quantitative estimate of drug-likeness (QED) is 0.698. The maximum Gasteiger partial charge on any atom is 0.253 e. The second kappa shape index (κ2) is 3.93. The molecule has 3 nitrogen and oxygen atoms in total. The van der Waals surface area contributed by atoms with Gasteiger partial charge in [0.25, 0.3) is 5.91 Å². The van der Waals surface area contributed by atoms with Crippen LogP contribution >= 0.6 is 0 Å². The van der Waals surface area contributed by atoms with Crippen molar-refractivity contribution in [3.8, 4) is 5.75 Å². The first kappa shape index (κ1) is 10.0. The van der Waals surface area contributed by atoms with Gasteiger partial charge in [-0.25, -0.2) is 0 Å². The number of amides is 1. The molecule has 0 aliphatic carbocycles. The molecule has 0 fully saturated rings. The third-order valence-electron chi connectivity index (χ3n) is 2.56. The largest absolute Gasteiger partial charge is 0.493 e. The monoisotopic (exact) mass is 205 g/mol. The van der Waals surface area contributed by atoms with Crippen LogP contribution < -0.4 is 4.74 Å². The Morgan fingerprint density at radius 3 is 2.93 bits per heavy atom. The minimum atomic E-state index is 0.0448. The van der Waals surface area contributed by atoms with Crippen molar-refractivity contribution < 1.29 is 9.53 Å². The average Bonchev–Trinajstić information content (AvgIpc) is 2.27. The van der Waals surface area contributed by atoms with E-state index < -0.39 is 0 Å². The van der Waals surface area contributed by atoms with Crippen LogP contribution in [0.4, 0.5) is 0 Å². The minimum Gasteiger partial charge on any atom is -0.493 e. The van der Waals surface area contributed by atoms with Crippen molar-refractivity contribution in [1.29, 1.82) is 0 Å². The van der Waals surface area contributed by atoms with E-state index in [1.807, 2.05) is 18.2 Å². The van der Waals surface area contributed by atoms with E-state index in [1.165, 1.54) is 0 Å². The maximum atomic E-state index is 11.7. The fourth-order valence-electron chi connectivity index (χ4n) is 1.75. The number of benzene rings is 1. The van der Waals surface area contributed by atoms with E-state index in [2.05, 4.69) is 0 Å². The smallest absolute Gasteiger partial charge is 0.253 e. The summed E-state index contributed by atoms with van der Waals surface area (Å²) in [5.41, 5.74) is 1.89. The molecule has 0 aromatic heterocycles. The molecular formula is C12H15NO2. The van der Waals surface area contributed by atoms with E-state index >= 15 is 0 Å². The molecule has 1 aromatic rings. The lowest BCUT2D eigenvalue weighted by molar-refractivity contribution is 0.0827. The highest BCUT2D eigenvalue weighted by molar-refractivity contribution is 5.94. The number of aryl methyl sites for hydroxylation is 1. The van der Waals surface area contributed by atoms with Gasteiger partial charge in [-0.15, -0.1) is 0 Å². The van der Waals surface area contributed by atoms with Gasteiger partial charge in [-0.3, -0.25) is 4.79 Å². The summed E-state index contributed by atoms with van der Waals surface area (Å²) in [6, 6.07) is 5.66. The molecule has 80 valence electrons. The van der Waals surface area contributed by atoms with Crippen LogP contribution in [0.2, 0.25) is 0 Å². The highest BCUT2D eigenvalue weighted by atomic mass is 16.5. The van der Waals surface area contributed by atoms with Crippen molar-refractivity contribution in [3.05, 3.63) is 29.3 Å². The molecule has 2 rings (SSSR count). The van der Waals surface area contributed by atoms with E-state index in [4.69, 9.17) is 4.74 Å². The van der Waals surface area contributed by atoms with Crippen LogP contribution in [0.5, 0.6) is 5.75 Å². The number of fused-ring (bicyclic) bond motifs is 1. The number of ether oxygens (including phenoxy) is 1. The number of carbonyl (C=O) groups is 1. The second-order valence-corrected chi connectivity index (χ2v) is 3.97. The molecule has 1 aliphatic heterocycles. The van der Waals surface area contributed by atoms with Crippen LogP contribution in [0.1, 0.15) is 22.3 Å². The third-order valence-corrected chi connectivity index (χ3v) is 2.56. The number of carbonyl (C=O) groups excluding carboxylic acids is 1. The lowest BCUT2D eigenvalue weighted by atomic mass is 10.0. The Morgan fingerprint density at radius 1 is 1.40 bits per heavy atom. The van der Waals surface area contributed by atoms with Gasteiger partial charge in [-0.05, 0) is 36.6 Å². The summed E-state index contributed by atoms with van der Waals surface area (Å²) in [5.74, 6) is 0.972. The zero-order chi connectivity index (χ0) is 10.8. The zero-order valence-corrected chi connectivity index (χ0v) is 9.12. The summed E-state index contributed by atoms with van der Waals surface area (Å²) in [6.07, 6.45) is 2.04. The molecule has 1 amide bonds. The van der Waals surface area contributed by atoms with Gasteiger partial charge in [0.15, 0.2) is 0 Å². The summed E-state index contributed by atoms with van der Waals surface area (Å²) in [4.78, 5) is 13.3. The van der Waals surface area contributed by atoms with Gasteiger partial charge in [0, 0.05) is 19.7 Å². The predicted octanol–water partition coefficient (Wildman–Crippen LogP) is 1.71. The van der Waals surface area contributed by atoms with Crippen LogP contribution in [0.3, 0.4) is 0 Å². The highest BCUT2D eigenvalue weighted by Crippen LogP contribution is 2.25. The normalized spacial score (nSPS) is 14.0. The Balaban J connectivity index is 2.32. The maximum absolute atomic E-state index is 11.7. The number of rotatable bonds is 1. The van der Waals surface area contributed by atoms with Crippen molar-refractivity contribution in [2.45, 2.75) is 12.8 Å². The Hall–Kier alpha value is -1.51. The summed E-state index contributed by atoms with van der Waals surface area (Å²) in [5, 5.41) is 0. The van der Waals surface area contributed by atoms with Gasteiger partial charge in [-0.2, -0.15) is 0 Å². The fourth-order valence-corrected chi connectivity index (χ4v) is 1.75. The van der Waals surface area contributed by atoms with Gasteiger partial charge in [0.1, 0.15) is 5.75 Å². The molecule has 0 N–H and O–H groups in total. The summed E-state index contributed by atoms with van der Waals surface area (Å²) < 4.78 is 5.49. The van der Waals surface area contributed by atoms with E-state index in [-0.39, 0.29) is 5.91 Å². The van der Waals surface area contributed by atoms with Crippen molar-refractivity contribution in [1.82, 2.24) is 4.90 Å². The van der Waals surface area contributed by atoms with Gasteiger partial charge >= 0.3 is 0 Å². The van der Waals surface area contributed by atoms with Crippen LogP contribution in [0.15, 0.2) is 18.2 Å². The van der Waals surface area contributed by atoms with E-state index in [0.717, 1.165) is 36.3 Å². The molecule has 0 atom stereocenters. The molecule has 0 saturated heterocycles. The van der Waals surface area contributed by atoms with Crippen LogP contribution in [-0.2, 0) is 6.42 Å². The van der Waals surface area contributed by atoms with Gasteiger partial charge < -0.3 is 9.64 Å². The summed E-state index contributed by atoms with van der Waals surface area (Å²) in [7, 11) is 3.52. The number of nitrogens with zero attached hydrogens (tertiary/aromatic N) is 1. The van der Waals surface area contributed by atoms with Crippen molar-refractivity contribution in [3.63, 3.8) is 0 Å². The lowest BCUT2D eigenvalue weighted by Crippen LogP contribution is -2.22. The van der Waals surface area contributed by atoms with Gasteiger partial charge in [0.2, 0.25) is 0 Å². The first-order valence-electron chi connectivity index (χ1n) is 5.16.